The first-order valence-electron chi connectivity index (χ1n) is 6.72. The Labute approximate surface area is 127 Å². The fourth-order valence-electron chi connectivity index (χ4n) is 1.87. The Morgan fingerprint density at radius 3 is 2.45 bits per heavy atom. The van der Waals surface area contributed by atoms with Gasteiger partial charge in [-0.25, -0.2) is 9.97 Å². The molecular formula is C17H13N3O2. The smallest absolute Gasteiger partial charge is 0.321 e. The van der Waals surface area contributed by atoms with Crippen molar-refractivity contribution in [2.24, 2.45) is 0 Å². The van der Waals surface area contributed by atoms with Crippen molar-refractivity contribution in [3.63, 3.8) is 0 Å². The van der Waals surface area contributed by atoms with Crippen LogP contribution in [0.1, 0.15) is 10.4 Å². The molecule has 0 unspecified atom stereocenters. The van der Waals surface area contributed by atoms with Crippen LogP contribution in [0.5, 0.6) is 11.8 Å². The predicted octanol–water partition coefficient (Wildman–Crippen LogP) is 3.52. The summed E-state index contributed by atoms with van der Waals surface area (Å²) < 4.78 is 5.53. The fraction of sp³-hybridized carbons (Fsp3) is 0. The number of rotatable bonds is 4. The highest BCUT2D eigenvalue weighted by Crippen LogP contribution is 2.21. The standard InChI is InChI=1S/C17H13N3O2/c21-16(13-6-2-1-3-7-13)20-14-8-4-9-15(12-14)22-17-18-10-5-11-19-17/h1-12H,(H,20,21). The Bertz CT molecular complexity index is 761. The number of nitrogens with one attached hydrogen (secondary N) is 1. The molecule has 0 atom stereocenters. The van der Waals surface area contributed by atoms with Crippen LogP contribution in [0, 0.1) is 0 Å². The van der Waals surface area contributed by atoms with Crippen LogP contribution in [-0.2, 0) is 0 Å². The second-order valence-electron chi connectivity index (χ2n) is 4.48. The van der Waals surface area contributed by atoms with E-state index in [-0.39, 0.29) is 11.9 Å². The van der Waals surface area contributed by atoms with E-state index in [0.717, 1.165) is 0 Å². The van der Waals surface area contributed by atoms with Gasteiger partial charge in [0.15, 0.2) is 0 Å². The first-order chi connectivity index (χ1) is 10.8. The van der Waals surface area contributed by atoms with Crippen molar-refractivity contribution in [1.29, 1.82) is 0 Å². The molecule has 1 aromatic heterocycles. The molecule has 0 saturated heterocycles. The monoisotopic (exact) mass is 291 g/mol. The van der Waals surface area contributed by atoms with Gasteiger partial charge < -0.3 is 10.1 Å². The average Bonchev–Trinajstić information content (AvgIpc) is 2.57. The molecule has 0 spiro atoms. The lowest BCUT2D eigenvalue weighted by Gasteiger charge is -2.07. The normalized spacial score (nSPS) is 10.0. The molecule has 108 valence electrons. The van der Waals surface area contributed by atoms with Crippen molar-refractivity contribution in [1.82, 2.24) is 9.97 Å². The first kappa shape index (κ1) is 13.8. The highest BCUT2D eigenvalue weighted by Gasteiger charge is 2.06. The molecule has 0 fully saturated rings. The minimum Gasteiger partial charge on any atom is -0.424 e. The molecule has 0 bridgehead atoms. The number of benzene rings is 2. The largest absolute Gasteiger partial charge is 0.424 e. The van der Waals surface area contributed by atoms with E-state index in [1.54, 1.807) is 54.9 Å². The summed E-state index contributed by atoms with van der Waals surface area (Å²) >= 11 is 0. The van der Waals surface area contributed by atoms with E-state index in [1.807, 2.05) is 18.2 Å². The second kappa shape index (κ2) is 6.49. The number of amides is 1. The van der Waals surface area contributed by atoms with Crippen LogP contribution in [0.2, 0.25) is 0 Å². The van der Waals surface area contributed by atoms with Crippen LogP contribution in [-0.4, -0.2) is 15.9 Å². The van der Waals surface area contributed by atoms with Crippen molar-refractivity contribution in [2.45, 2.75) is 0 Å². The number of nitrogens with zero attached hydrogens (tertiary/aromatic N) is 2. The average molecular weight is 291 g/mol. The van der Waals surface area contributed by atoms with Crippen molar-refractivity contribution >= 4 is 11.6 Å². The van der Waals surface area contributed by atoms with E-state index in [1.165, 1.54) is 0 Å². The molecule has 5 heteroatoms. The molecule has 0 aliphatic rings. The van der Waals surface area contributed by atoms with E-state index in [2.05, 4.69) is 15.3 Å². The summed E-state index contributed by atoms with van der Waals surface area (Å²) in [6.07, 6.45) is 3.20. The number of aromatic nitrogens is 2. The zero-order chi connectivity index (χ0) is 15.2. The van der Waals surface area contributed by atoms with E-state index in [0.29, 0.717) is 17.0 Å². The molecule has 3 rings (SSSR count). The Hall–Kier alpha value is -3.21. The molecule has 0 aliphatic carbocycles. The topological polar surface area (TPSA) is 64.1 Å². The highest BCUT2D eigenvalue weighted by molar-refractivity contribution is 6.04. The number of ether oxygens (including phenoxy) is 1. The molecule has 0 saturated carbocycles. The third-order valence-corrected chi connectivity index (χ3v) is 2.88. The van der Waals surface area contributed by atoms with Gasteiger partial charge in [0.25, 0.3) is 5.91 Å². The summed E-state index contributed by atoms with van der Waals surface area (Å²) in [5.74, 6) is 0.380. The summed E-state index contributed by atoms with van der Waals surface area (Å²) in [6.45, 7) is 0. The lowest BCUT2D eigenvalue weighted by atomic mass is 10.2. The van der Waals surface area contributed by atoms with Gasteiger partial charge in [-0.1, -0.05) is 24.3 Å². The zero-order valence-corrected chi connectivity index (χ0v) is 11.6. The number of carbonyl (C=O) groups is 1. The maximum absolute atomic E-state index is 12.1. The maximum Gasteiger partial charge on any atom is 0.321 e. The first-order valence-corrected chi connectivity index (χ1v) is 6.72. The molecule has 2 aromatic carbocycles. The van der Waals surface area contributed by atoms with Crippen LogP contribution in [0.3, 0.4) is 0 Å². The Balaban J connectivity index is 1.73. The van der Waals surface area contributed by atoms with Crippen molar-refractivity contribution < 1.29 is 9.53 Å². The van der Waals surface area contributed by atoms with Gasteiger partial charge in [0.05, 0.1) is 0 Å². The molecule has 1 heterocycles. The highest BCUT2D eigenvalue weighted by atomic mass is 16.5. The number of anilines is 1. The third-order valence-electron chi connectivity index (χ3n) is 2.88. The van der Waals surface area contributed by atoms with Crippen LogP contribution < -0.4 is 10.1 Å². The van der Waals surface area contributed by atoms with Gasteiger partial charge in [0.2, 0.25) is 0 Å². The van der Waals surface area contributed by atoms with Crippen LogP contribution in [0.25, 0.3) is 0 Å². The number of hydrogen-bond acceptors (Lipinski definition) is 4. The Morgan fingerprint density at radius 2 is 1.68 bits per heavy atom. The third kappa shape index (κ3) is 3.46. The van der Waals surface area contributed by atoms with Gasteiger partial charge >= 0.3 is 6.01 Å². The SMILES string of the molecule is O=C(Nc1cccc(Oc2ncccn2)c1)c1ccccc1. The Morgan fingerprint density at radius 1 is 0.909 bits per heavy atom. The number of hydrogen-bond donors (Lipinski definition) is 1. The van der Waals surface area contributed by atoms with Gasteiger partial charge in [0, 0.05) is 29.7 Å². The Kier molecular flexibility index (Phi) is 4.06. The maximum atomic E-state index is 12.1. The zero-order valence-electron chi connectivity index (χ0n) is 11.6. The van der Waals surface area contributed by atoms with Crippen LogP contribution in [0.15, 0.2) is 73.1 Å². The quantitative estimate of drug-likeness (QED) is 0.798. The summed E-state index contributed by atoms with van der Waals surface area (Å²) in [5, 5.41) is 2.82. The van der Waals surface area contributed by atoms with Crippen molar-refractivity contribution in [3.05, 3.63) is 78.6 Å². The van der Waals surface area contributed by atoms with Gasteiger partial charge in [-0.15, -0.1) is 0 Å². The van der Waals surface area contributed by atoms with E-state index >= 15 is 0 Å². The molecule has 5 nitrogen and oxygen atoms in total. The van der Waals surface area contributed by atoms with Crippen LogP contribution in [0.4, 0.5) is 5.69 Å². The minimum absolute atomic E-state index is 0.172. The van der Waals surface area contributed by atoms with Crippen LogP contribution >= 0.6 is 0 Å². The lowest BCUT2D eigenvalue weighted by Crippen LogP contribution is -2.11. The van der Waals surface area contributed by atoms with Crippen molar-refractivity contribution in [2.75, 3.05) is 5.32 Å². The fourth-order valence-corrected chi connectivity index (χ4v) is 1.87. The van der Waals surface area contributed by atoms with E-state index < -0.39 is 0 Å². The molecule has 0 aliphatic heterocycles. The predicted molar refractivity (Wildman–Crippen MR) is 82.9 cm³/mol. The van der Waals surface area contributed by atoms with Gasteiger partial charge in [-0.2, -0.15) is 0 Å². The molecule has 1 N–H and O–H groups in total. The summed E-state index contributed by atoms with van der Waals surface area (Å²) in [4.78, 5) is 20.1. The van der Waals surface area contributed by atoms with E-state index in [9.17, 15) is 4.79 Å². The summed E-state index contributed by atoms with van der Waals surface area (Å²) in [5.41, 5.74) is 1.24. The number of carbonyl (C=O) groups excluding carboxylic acids is 1. The molecule has 0 radical (unpaired) electrons. The van der Waals surface area contributed by atoms with Gasteiger partial charge in [0.1, 0.15) is 5.75 Å². The molecular weight excluding hydrogens is 278 g/mol. The van der Waals surface area contributed by atoms with E-state index in [4.69, 9.17) is 4.74 Å². The summed E-state index contributed by atoms with van der Waals surface area (Å²) in [7, 11) is 0. The molecule has 1 amide bonds. The van der Waals surface area contributed by atoms with Gasteiger partial charge in [-0.05, 0) is 30.3 Å². The minimum atomic E-state index is -0.172. The van der Waals surface area contributed by atoms with Gasteiger partial charge in [-0.3, -0.25) is 4.79 Å². The summed E-state index contributed by atoms with van der Waals surface area (Å²) in [6, 6.07) is 18.1. The molecule has 22 heavy (non-hydrogen) atoms. The molecule has 3 aromatic rings. The van der Waals surface area contributed by atoms with Crippen molar-refractivity contribution in [3.8, 4) is 11.8 Å². The lowest BCUT2D eigenvalue weighted by molar-refractivity contribution is 0.102. The second-order valence-corrected chi connectivity index (χ2v) is 4.48.